The predicted octanol–water partition coefficient (Wildman–Crippen LogP) is 1.25. The van der Waals surface area contributed by atoms with Crippen LogP contribution in [0.5, 0.6) is 0 Å². The van der Waals surface area contributed by atoms with Gasteiger partial charge in [0.25, 0.3) is 5.91 Å². The Morgan fingerprint density at radius 1 is 1.75 bits per heavy atom. The second-order valence-electron chi connectivity index (χ2n) is 3.18. The summed E-state index contributed by atoms with van der Waals surface area (Å²) in [5.41, 5.74) is 5.75. The molecule has 88 valence electrons. The molecule has 0 bridgehead atoms. The van der Waals surface area contributed by atoms with Gasteiger partial charge < -0.3 is 20.3 Å². The fraction of sp³-hybridized carbons (Fsp3) is 0.333. The number of oxime groups is 1. The van der Waals surface area contributed by atoms with Crippen LogP contribution in [0.3, 0.4) is 0 Å². The Hall–Kier alpha value is -1.50. The molecule has 1 aromatic rings. The molecule has 1 heterocycles. The first kappa shape index (κ1) is 12.6. The van der Waals surface area contributed by atoms with Crippen molar-refractivity contribution in [2.24, 2.45) is 10.9 Å². The number of rotatable bonds is 4. The molecule has 6 nitrogen and oxygen atoms in total. The van der Waals surface area contributed by atoms with Crippen LogP contribution in [-0.4, -0.2) is 35.4 Å². The van der Waals surface area contributed by atoms with Crippen LogP contribution in [0.25, 0.3) is 0 Å². The van der Waals surface area contributed by atoms with Gasteiger partial charge in [0.05, 0.1) is 11.8 Å². The molecule has 0 aliphatic rings. The van der Waals surface area contributed by atoms with Gasteiger partial charge >= 0.3 is 0 Å². The van der Waals surface area contributed by atoms with Crippen molar-refractivity contribution < 1.29 is 14.4 Å². The summed E-state index contributed by atoms with van der Waals surface area (Å²) in [5.74, 6) is -0.0997. The summed E-state index contributed by atoms with van der Waals surface area (Å²) in [4.78, 5) is 13.3. The largest absolute Gasteiger partial charge is 0.457 e. The van der Waals surface area contributed by atoms with E-state index in [0.29, 0.717) is 23.2 Å². The number of carbonyl (C=O) groups excluding carboxylic acids is 1. The van der Waals surface area contributed by atoms with Gasteiger partial charge in [-0.3, -0.25) is 4.79 Å². The Bertz CT molecular complexity index is 402. The minimum Gasteiger partial charge on any atom is -0.457 e. The Labute approximate surface area is 101 Å². The van der Waals surface area contributed by atoms with Crippen LogP contribution in [0.4, 0.5) is 0 Å². The number of nitrogens with two attached hydrogens (primary N) is 1. The van der Waals surface area contributed by atoms with E-state index in [4.69, 9.17) is 15.4 Å². The molecule has 1 aromatic heterocycles. The van der Waals surface area contributed by atoms with E-state index in [1.807, 2.05) is 0 Å². The highest BCUT2D eigenvalue weighted by Gasteiger charge is 2.16. The van der Waals surface area contributed by atoms with Crippen molar-refractivity contribution in [3.8, 4) is 0 Å². The van der Waals surface area contributed by atoms with Crippen molar-refractivity contribution in [1.29, 1.82) is 0 Å². The summed E-state index contributed by atoms with van der Waals surface area (Å²) in [6.07, 6.45) is 1.74. The maximum absolute atomic E-state index is 11.8. The van der Waals surface area contributed by atoms with E-state index in [2.05, 4.69) is 21.1 Å². The molecule has 0 atom stereocenters. The molecule has 0 unspecified atom stereocenters. The molecule has 0 aliphatic carbocycles. The van der Waals surface area contributed by atoms with Crippen molar-refractivity contribution in [3.63, 3.8) is 0 Å². The van der Waals surface area contributed by atoms with Gasteiger partial charge in [-0.1, -0.05) is 5.16 Å². The van der Waals surface area contributed by atoms with Crippen LogP contribution in [0.15, 0.2) is 26.6 Å². The number of nitrogens with zero attached hydrogens (tertiary/aromatic N) is 2. The van der Waals surface area contributed by atoms with Crippen LogP contribution in [0, 0.1) is 0 Å². The number of hydrogen-bond acceptors (Lipinski definition) is 4. The summed E-state index contributed by atoms with van der Waals surface area (Å²) in [6, 6.07) is 1.58. The monoisotopic (exact) mass is 289 g/mol. The van der Waals surface area contributed by atoms with Crippen molar-refractivity contribution in [1.82, 2.24) is 4.90 Å². The lowest BCUT2D eigenvalue weighted by atomic mass is 10.3. The molecule has 0 aliphatic heterocycles. The quantitative estimate of drug-likeness (QED) is 0.378. The maximum atomic E-state index is 11.8. The number of hydrogen-bond donors (Lipinski definition) is 2. The Kier molecular flexibility index (Phi) is 4.36. The topological polar surface area (TPSA) is 92.1 Å². The van der Waals surface area contributed by atoms with E-state index in [0.717, 1.165) is 0 Å². The van der Waals surface area contributed by atoms with Crippen molar-refractivity contribution >= 4 is 27.7 Å². The van der Waals surface area contributed by atoms with E-state index < -0.39 is 0 Å². The maximum Gasteiger partial charge on any atom is 0.258 e. The average Bonchev–Trinajstić information content (AvgIpc) is 2.70. The van der Waals surface area contributed by atoms with E-state index >= 15 is 0 Å². The van der Waals surface area contributed by atoms with Gasteiger partial charge in [-0.25, -0.2) is 0 Å². The van der Waals surface area contributed by atoms with Gasteiger partial charge in [0.15, 0.2) is 4.67 Å². The first-order valence-electron chi connectivity index (χ1n) is 4.51. The first-order valence-corrected chi connectivity index (χ1v) is 5.30. The fourth-order valence-electron chi connectivity index (χ4n) is 1.09. The molecule has 0 saturated carbocycles. The minimum absolute atomic E-state index is 0.0888. The summed E-state index contributed by atoms with van der Waals surface area (Å²) in [6.45, 7) is 0.367. The summed E-state index contributed by atoms with van der Waals surface area (Å²) in [5, 5.41) is 11.2. The normalized spacial score (nSPS) is 11.5. The van der Waals surface area contributed by atoms with Gasteiger partial charge in [0, 0.05) is 20.0 Å². The van der Waals surface area contributed by atoms with Gasteiger partial charge in [-0.15, -0.1) is 0 Å². The van der Waals surface area contributed by atoms with Crippen molar-refractivity contribution in [3.05, 3.63) is 22.6 Å². The molecule has 16 heavy (non-hydrogen) atoms. The zero-order valence-electron chi connectivity index (χ0n) is 8.68. The molecule has 7 heteroatoms. The highest BCUT2D eigenvalue weighted by Crippen LogP contribution is 2.18. The molecule has 0 radical (unpaired) electrons. The standard InChI is InChI=1S/C9H12BrN3O3/c1-13(4-2-7(11)12-15)9(14)6-3-5-16-8(6)10/h3,5,15H,2,4H2,1H3,(H2,11,12). The Morgan fingerprint density at radius 2 is 2.44 bits per heavy atom. The third-order valence-electron chi connectivity index (χ3n) is 2.03. The predicted molar refractivity (Wildman–Crippen MR) is 61.4 cm³/mol. The van der Waals surface area contributed by atoms with Crippen molar-refractivity contribution in [2.45, 2.75) is 6.42 Å². The first-order chi connectivity index (χ1) is 7.56. The Balaban J connectivity index is 2.58. The molecular weight excluding hydrogens is 278 g/mol. The smallest absolute Gasteiger partial charge is 0.258 e. The second kappa shape index (κ2) is 5.55. The van der Waals surface area contributed by atoms with Crippen LogP contribution < -0.4 is 5.73 Å². The second-order valence-corrected chi connectivity index (χ2v) is 3.90. The van der Waals surface area contributed by atoms with E-state index in [1.54, 1.807) is 13.1 Å². The van der Waals surface area contributed by atoms with Crippen LogP contribution in [0.1, 0.15) is 16.8 Å². The third kappa shape index (κ3) is 2.99. The molecule has 0 spiro atoms. The molecule has 1 rings (SSSR count). The molecule has 0 fully saturated rings. The molecule has 1 amide bonds. The van der Waals surface area contributed by atoms with Gasteiger partial charge in [-0.2, -0.15) is 0 Å². The lowest BCUT2D eigenvalue weighted by Crippen LogP contribution is -2.30. The van der Waals surface area contributed by atoms with Crippen molar-refractivity contribution in [2.75, 3.05) is 13.6 Å². The van der Waals surface area contributed by atoms with Gasteiger partial charge in [0.2, 0.25) is 0 Å². The summed E-state index contributed by atoms with van der Waals surface area (Å²) < 4.78 is 5.36. The van der Waals surface area contributed by atoms with Crippen LogP contribution >= 0.6 is 15.9 Å². The van der Waals surface area contributed by atoms with Gasteiger partial charge in [-0.05, 0) is 22.0 Å². The molecular formula is C9H12BrN3O3. The van der Waals surface area contributed by atoms with E-state index in [1.165, 1.54) is 11.2 Å². The van der Waals surface area contributed by atoms with Gasteiger partial charge in [0.1, 0.15) is 5.84 Å². The van der Waals surface area contributed by atoms with Crippen LogP contribution in [0.2, 0.25) is 0 Å². The number of carbonyl (C=O) groups is 1. The lowest BCUT2D eigenvalue weighted by Gasteiger charge is -2.15. The number of amides is 1. The lowest BCUT2D eigenvalue weighted by molar-refractivity contribution is 0.0796. The molecule has 3 N–H and O–H groups in total. The summed E-state index contributed by atoms with van der Waals surface area (Å²) in [7, 11) is 1.63. The Morgan fingerprint density at radius 3 is 2.94 bits per heavy atom. The highest BCUT2D eigenvalue weighted by atomic mass is 79.9. The SMILES string of the molecule is CN(CC/C(N)=N/O)C(=O)c1ccoc1Br. The summed E-state index contributed by atoms with van der Waals surface area (Å²) >= 11 is 3.13. The molecule has 0 saturated heterocycles. The number of furan rings is 1. The van der Waals surface area contributed by atoms with E-state index in [9.17, 15) is 4.79 Å². The van der Waals surface area contributed by atoms with E-state index in [-0.39, 0.29) is 11.7 Å². The third-order valence-corrected chi connectivity index (χ3v) is 2.64. The molecule has 0 aromatic carbocycles. The number of halogens is 1. The highest BCUT2D eigenvalue weighted by molar-refractivity contribution is 9.10. The van der Waals surface area contributed by atoms with Crippen LogP contribution in [-0.2, 0) is 0 Å². The fourth-order valence-corrected chi connectivity index (χ4v) is 1.50. The minimum atomic E-state index is -0.189. The zero-order chi connectivity index (χ0) is 12.1. The average molecular weight is 290 g/mol. The zero-order valence-corrected chi connectivity index (χ0v) is 10.3. The number of amidine groups is 1.